The van der Waals surface area contributed by atoms with Crippen LogP contribution in [0, 0.1) is 10.1 Å². The lowest BCUT2D eigenvalue weighted by Crippen LogP contribution is -2.08. The molecule has 2 aromatic rings. The lowest BCUT2D eigenvalue weighted by atomic mass is 10.3. The molecule has 6 nitrogen and oxygen atoms in total. The van der Waals surface area contributed by atoms with Crippen molar-refractivity contribution in [2.45, 2.75) is 6.42 Å². The maximum atomic E-state index is 10.1. The van der Waals surface area contributed by atoms with Gasteiger partial charge in [-0.3, -0.25) is 10.1 Å². The van der Waals surface area contributed by atoms with E-state index in [1.165, 1.54) is 0 Å². The Morgan fingerprint density at radius 3 is 3.00 bits per heavy atom. The summed E-state index contributed by atoms with van der Waals surface area (Å²) >= 11 is 0. The molecule has 84 valence electrons. The van der Waals surface area contributed by atoms with Crippen molar-refractivity contribution < 1.29 is 9.34 Å². The van der Waals surface area contributed by atoms with Crippen LogP contribution in [0.4, 0.5) is 6.01 Å². The molecular weight excluding hydrogens is 210 g/mol. The summed E-state index contributed by atoms with van der Waals surface area (Å²) in [5, 5.41) is 13.0. The number of aromatic nitrogens is 1. The highest BCUT2D eigenvalue weighted by Crippen LogP contribution is 2.17. The maximum absolute atomic E-state index is 10.1. The Hall–Kier alpha value is -2.11. The second kappa shape index (κ2) is 4.61. The molecule has 0 fully saturated rings. The Balaban J connectivity index is 1.92. The molecule has 0 aliphatic heterocycles. The van der Waals surface area contributed by atoms with Gasteiger partial charge in [-0.2, -0.15) is 4.98 Å². The van der Waals surface area contributed by atoms with Crippen LogP contribution in [0.3, 0.4) is 0 Å². The van der Waals surface area contributed by atoms with Crippen molar-refractivity contribution in [3.63, 3.8) is 0 Å². The maximum Gasteiger partial charge on any atom is 0.295 e. The third kappa shape index (κ3) is 2.47. The molecule has 0 saturated carbocycles. The van der Waals surface area contributed by atoms with Crippen LogP contribution in [-0.2, 0) is 0 Å². The molecule has 0 amide bonds. The first-order valence-electron chi connectivity index (χ1n) is 4.97. The van der Waals surface area contributed by atoms with Gasteiger partial charge in [0.25, 0.3) is 6.01 Å². The summed E-state index contributed by atoms with van der Waals surface area (Å²) in [5.41, 5.74) is 1.48. The minimum atomic E-state index is -0.340. The van der Waals surface area contributed by atoms with E-state index in [2.05, 4.69) is 10.3 Å². The Bertz CT molecular complexity index is 462. The highest BCUT2D eigenvalue weighted by molar-refractivity contribution is 5.74. The Morgan fingerprint density at radius 2 is 2.25 bits per heavy atom. The molecule has 0 aliphatic rings. The predicted octanol–water partition coefficient (Wildman–Crippen LogP) is 1.91. The fourth-order valence-corrected chi connectivity index (χ4v) is 1.35. The van der Waals surface area contributed by atoms with E-state index in [1.807, 2.05) is 24.3 Å². The Kier molecular flexibility index (Phi) is 3.00. The number of nitrogens with zero attached hydrogens (tertiary/aromatic N) is 2. The zero-order valence-corrected chi connectivity index (χ0v) is 8.55. The van der Waals surface area contributed by atoms with Crippen LogP contribution in [0.5, 0.6) is 0 Å². The number of oxazole rings is 1. The Morgan fingerprint density at radius 1 is 1.44 bits per heavy atom. The molecule has 1 heterocycles. The molecule has 0 atom stereocenters. The molecule has 0 bridgehead atoms. The van der Waals surface area contributed by atoms with Gasteiger partial charge in [0.2, 0.25) is 6.54 Å². The van der Waals surface area contributed by atoms with Crippen molar-refractivity contribution >= 4 is 17.1 Å². The molecule has 0 saturated heterocycles. The van der Waals surface area contributed by atoms with Gasteiger partial charge in [-0.05, 0) is 12.1 Å². The zero-order chi connectivity index (χ0) is 11.4. The van der Waals surface area contributed by atoms with E-state index in [1.54, 1.807) is 0 Å². The van der Waals surface area contributed by atoms with Gasteiger partial charge in [0, 0.05) is 17.9 Å². The molecule has 0 unspecified atom stereocenters. The van der Waals surface area contributed by atoms with Crippen molar-refractivity contribution in [1.82, 2.24) is 4.98 Å². The van der Waals surface area contributed by atoms with E-state index in [-0.39, 0.29) is 11.5 Å². The Labute approximate surface area is 91.4 Å². The van der Waals surface area contributed by atoms with E-state index in [0.717, 1.165) is 5.52 Å². The highest BCUT2D eigenvalue weighted by atomic mass is 16.6. The number of anilines is 1. The predicted molar refractivity (Wildman–Crippen MR) is 59.0 cm³/mol. The van der Waals surface area contributed by atoms with Gasteiger partial charge in [0.1, 0.15) is 5.52 Å². The first-order valence-corrected chi connectivity index (χ1v) is 4.97. The van der Waals surface area contributed by atoms with E-state index in [4.69, 9.17) is 4.42 Å². The number of hydrogen-bond acceptors (Lipinski definition) is 5. The van der Waals surface area contributed by atoms with Crippen molar-refractivity contribution in [2.75, 3.05) is 18.4 Å². The summed E-state index contributed by atoms with van der Waals surface area (Å²) in [6.45, 7) is 0.432. The van der Waals surface area contributed by atoms with Crippen LogP contribution in [0.2, 0.25) is 0 Å². The summed E-state index contributed by atoms with van der Waals surface area (Å²) in [5.74, 6) is 0. The molecule has 1 N–H and O–H groups in total. The van der Waals surface area contributed by atoms with Gasteiger partial charge in [0.05, 0.1) is 0 Å². The molecule has 6 heteroatoms. The van der Waals surface area contributed by atoms with Gasteiger partial charge >= 0.3 is 0 Å². The summed E-state index contributed by atoms with van der Waals surface area (Å²) < 4.78 is 5.38. The van der Waals surface area contributed by atoms with Crippen molar-refractivity contribution in [1.29, 1.82) is 0 Å². The first-order chi connectivity index (χ1) is 7.75. The number of hydrogen-bond donors (Lipinski definition) is 1. The summed E-state index contributed by atoms with van der Waals surface area (Å²) in [6.07, 6.45) is 0.450. The van der Waals surface area contributed by atoms with Crippen molar-refractivity contribution in [3.05, 3.63) is 34.4 Å². The zero-order valence-electron chi connectivity index (χ0n) is 8.55. The normalized spacial score (nSPS) is 10.5. The lowest BCUT2D eigenvalue weighted by molar-refractivity contribution is -0.479. The smallest absolute Gasteiger partial charge is 0.295 e. The van der Waals surface area contributed by atoms with E-state index >= 15 is 0 Å². The molecule has 1 aromatic heterocycles. The van der Waals surface area contributed by atoms with Crippen LogP contribution in [-0.4, -0.2) is 23.0 Å². The first kappa shape index (κ1) is 10.4. The molecule has 0 spiro atoms. The SMILES string of the molecule is O=[N+]([O-])CCCNc1nc2ccccc2o1. The van der Waals surface area contributed by atoms with E-state index in [9.17, 15) is 10.1 Å². The fourth-order valence-electron chi connectivity index (χ4n) is 1.35. The standard InChI is InChI=1S/C10H11N3O3/c14-13(15)7-3-6-11-10-12-8-4-1-2-5-9(8)16-10/h1-2,4-5H,3,6-7H2,(H,11,12). The second-order valence-electron chi connectivity index (χ2n) is 3.32. The number of nitro groups is 1. The van der Waals surface area contributed by atoms with Gasteiger partial charge < -0.3 is 9.73 Å². The number of benzene rings is 1. The van der Waals surface area contributed by atoms with Gasteiger partial charge in [-0.25, -0.2) is 0 Å². The third-order valence-corrected chi connectivity index (χ3v) is 2.09. The molecule has 0 aliphatic carbocycles. The van der Waals surface area contributed by atoms with Crippen LogP contribution in [0.1, 0.15) is 6.42 Å². The van der Waals surface area contributed by atoms with Crippen LogP contribution in [0.25, 0.3) is 11.1 Å². The minimum absolute atomic E-state index is 0.0484. The monoisotopic (exact) mass is 221 g/mol. The number of fused-ring (bicyclic) bond motifs is 1. The summed E-state index contributed by atoms with van der Waals surface area (Å²) in [6, 6.07) is 7.82. The quantitative estimate of drug-likeness (QED) is 0.473. The van der Waals surface area contributed by atoms with Gasteiger partial charge in [-0.1, -0.05) is 12.1 Å². The summed E-state index contributed by atoms with van der Waals surface area (Å²) in [4.78, 5) is 13.9. The average Bonchev–Trinajstić information content (AvgIpc) is 2.66. The fraction of sp³-hybridized carbons (Fsp3) is 0.300. The molecule has 0 radical (unpaired) electrons. The molecular formula is C10H11N3O3. The van der Waals surface area contributed by atoms with Crippen molar-refractivity contribution in [2.24, 2.45) is 0 Å². The second-order valence-corrected chi connectivity index (χ2v) is 3.32. The number of para-hydroxylation sites is 2. The van der Waals surface area contributed by atoms with Gasteiger partial charge in [-0.15, -0.1) is 0 Å². The van der Waals surface area contributed by atoms with Crippen molar-refractivity contribution in [3.8, 4) is 0 Å². The minimum Gasteiger partial charge on any atom is -0.424 e. The van der Waals surface area contributed by atoms with E-state index < -0.39 is 0 Å². The molecule has 2 rings (SSSR count). The third-order valence-electron chi connectivity index (χ3n) is 2.09. The largest absolute Gasteiger partial charge is 0.424 e. The van der Waals surface area contributed by atoms with Crippen LogP contribution in [0.15, 0.2) is 28.7 Å². The van der Waals surface area contributed by atoms with Crippen LogP contribution >= 0.6 is 0 Å². The number of nitrogens with one attached hydrogen (secondary N) is 1. The van der Waals surface area contributed by atoms with E-state index in [0.29, 0.717) is 24.6 Å². The highest BCUT2D eigenvalue weighted by Gasteiger charge is 2.04. The average molecular weight is 221 g/mol. The topological polar surface area (TPSA) is 81.2 Å². The molecule has 16 heavy (non-hydrogen) atoms. The van der Waals surface area contributed by atoms with Gasteiger partial charge in [0.15, 0.2) is 5.58 Å². The lowest BCUT2D eigenvalue weighted by Gasteiger charge is -1.97. The summed E-state index contributed by atoms with van der Waals surface area (Å²) in [7, 11) is 0. The van der Waals surface area contributed by atoms with Crippen LogP contribution < -0.4 is 5.32 Å². The molecule has 1 aromatic carbocycles. The number of rotatable bonds is 5.